The molecule has 0 saturated carbocycles. The third kappa shape index (κ3) is 4.45. The number of benzene rings is 1. The summed E-state index contributed by atoms with van der Waals surface area (Å²) in [4.78, 5) is 22.9. The number of halogens is 2. The molecule has 1 aromatic carbocycles. The molecule has 98 valence electrons. The van der Waals surface area contributed by atoms with E-state index in [1.54, 1.807) is 32.0 Å². The minimum atomic E-state index is -0.682. The molecule has 1 rings (SSSR count). The van der Waals surface area contributed by atoms with Crippen LogP contribution in [0.4, 0.5) is 0 Å². The van der Waals surface area contributed by atoms with Crippen molar-refractivity contribution in [1.82, 2.24) is 5.32 Å². The first kappa shape index (κ1) is 15.2. The second-order valence-corrected chi connectivity index (χ2v) is 6.18. The Hall–Kier alpha value is -0.820. The average Bonchev–Trinajstić information content (AvgIpc) is 2.19. The Kier molecular flexibility index (Phi) is 4.98. The highest BCUT2D eigenvalue weighted by molar-refractivity contribution is 14.1. The Morgan fingerprint density at radius 2 is 2.06 bits per heavy atom. The van der Waals surface area contributed by atoms with Gasteiger partial charge in [-0.1, -0.05) is 11.6 Å². The van der Waals surface area contributed by atoms with Gasteiger partial charge in [-0.05, 0) is 54.6 Å². The number of amides is 2. The molecular weight excluding hydrogens is 367 g/mol. The maximum absolute atomic E-state index is 12.0. The SMILES string of the molecule is CC(C)(CC(N)=O)NC(=O)c1ccc(I)c(Cl)c1. The number of carbonyl (C=O) groups is 2. The summed E-state index contributed by atoms with van der Waals surface area (Å²) < 4.78 is 0.877. The molecule has 0 aliphatic carbocycles. The van der Waals surface area contributed by atoms with Crippen LogP contribution in [-0.4, -0.2) is 17.4 Å². The number of nitrogens with two attached hydrogens (primary N) is 1. The van der Waals surface area contributed by atoms with Gasteiger partial charge in [-0.15, -0.1) is 0 Å². The van der Waals surface area contributed by atoms with Crippen LogP contribution >= 0.6 is 34.2 Å². The fourth-order valence-electron chi connectivity index (χ4n) is 1.50. The molecule has 18 heavy (non-hydrogen) atoms. The first-order valence-corrected chi connectivity index (χ1v) is 6.73. The molecular formula is C12H14ClIN2O2. The molecule has 3 N–H and O–H groups in total. The molecule has 0 heterocycles. The molecule has 0 bridgehead atoms. The van der Waals surface area contributed by atoms with E-state index in [0.717, 1.165) is 3.57 Å². The zero-order valence-corrected chi connectivity index (χ0v) is 13.0. The highest BCUT2D eigenvalue weighted by Crippen LogP contribution is 2.20. The number of hydrogen-bond donors (Lipinski definition) is 2. The topological polar surface area (TPSA) is 72.2 Å². The molecule has 0 aliphatic heterocycles. The molecule has 0 fully saturated rings. The minimum absolute atomic E-state index is 0.0802. The predicted molar refractivity (Wildman–Crippen MR) is 79.5 cm³/mol. The highest BCUT2D eigenvalue weighted by Gasteiger charge is 2.23. The molecule has 0 unspecified atom stereocenters. The van der Waals surface area contributed by atoms with Crippen LogP contribution in [0.5, 0.6) is 0 Å². The molecule has 0 atom stereocenters. The van der Waals surface area contributed by atoms with Crippen LogP contribution < -0.4 is 11.1 Å². The van der Waals surface area contributed by atoms with Gasteiger partial charge in [0.05, 0.1) is 5.02 Å². The van der Waals surface area contributed by atoms with Gasteiger partial charge in [0.2, 0.25) is 5.91 Å². The standard InChI is InChI=1S/C12H14ClIN2O2/c1-12(2,6-10(15)17)16-11(18)7-3-4-9(14)8(13)5-7/h3-5H,6H2,1-2H3,(H2,15,17)(H,16,18). The van der Waals surface area contributed by atoms with Crippen LogP contribution in [0, 0.1) is 3.57 Å². The van der Waals surface area contributed by atoms with E-state index in [1.165, 1.54) is 0 Å². The van der Waals surface area contributed by atoms with Crippen molar-refractivity contribution in [2.45, 2.75) is 25.8 Å². The Bertz CT molecular complexity index is 489. The van der Waals surface area contributed by atoms with Gasteiger partial charge in [0.25, 0.3) is 5.91 Å². The lowest BCUT2D eigenvalue weighted by molar-refractivity contribution is -0.119. The number of hydrogen-bond acceptors (Lipinski definition) is 2. The molecule has 4 nitrogen and oxygen atoms in total. The van der Waals surface area contributed by atoms with Gasteiger partial charge in [-0.3, -0.25) is 9.59 Å². The Morgan fingerprint density at radius 3 is 2.56 bits per heavy atom. The Balaban J connectivity index is 2.82. The largest absolute Gasteiger partial charge is 0.370 e. The summed E-state index contributed by atoms with van der Waals surface area (Å²) in [7, 11) is 0. The van der Waals surface area contributed by atoms with Gasteiger partial charge in [0.15, 0.2) is 0 Å². The molecule has 0 spiro atoms. The van der Waals surface area contributed by atoms with Gasteiger partial charge < -0.3 is 11.1 Å². The zero-order valence-electron chi connectivity index (χ0n) is 10.1. The van der Waals surface area contributed by atoms with Gasteiger partial charge >= 0.3 is 0 Å². The van der Waals surface area contributed by atoms with Gasteiger partial charge in [-0.25, -0.2) is 0 Å². The van der Waals surface area contributed by atoms with Gasteiger partial charge in [0, 0.05) is 21.1 Å². The Morgan fingerprint density at radius 1 is 1.44 bits per heavy atom. The van der Waals surface area contributed by atoms with E-state index in [-0.39, 0.29) is 12.3 Å². The third-order valence-electron chi connectivity index (χ3n) is 2.25. The number of rotatable bonds is 4. The number of primary amides is 1. The van der Waals surface area contributed by atoms with E-state index in [1.807, 2.05) is 0 Å². The van der Waals surface area contributed by atoms with E-state index < -0.39 is 11.4 Å². The third-order valence-corrected chi connectivity index (χ3v) is 3.82. The maximum atomic E-state index is 12.0. The molecule has 0 aliphatic rings. The van der Waals surface area contributed by atoms with Crippen LogP contribution in [0.2, 0.25) is 5.02 Å². The summed E-state index contributed by atoms with van der Waals surface area (Å²) in [6.07, 6.45) is 0.0802. The summed E-state index contributed by atoms with van der Waals surface area (Å²) in [6.45, 7) is 3.48. The predicted octanol–water partition coefficient (Wildman–Crippen LogP) is 2.33. The normalized spacial score (nSPS) is 11.1. The van der Waals surface area contributed by atoms with Crippen molar-refractivity contribution in [1.29, 1.82) is 0 Å². The van der Waals surface area contributed by atoms with Crippen molar-refractivity contribution in [2.75, 3.05) is 0 Å². The number of carbonyl (C=O) groups excluding carboxylic acids is 2. The molecule has 2 amide bonds. The van der Waals surface area contributed by atoms with Crippen molar-refractivity contribution in [3.05, 3.63) is 32.4 Å². The van der Waals surface area contributed by atoms with E-state index >= 15 is 0 Å². The highest BCUT2D eigenvalue weighted by atomic mass is 127. The van der Waals surface area contributed by atoms with E-state index in [9.17, 15) is 9.59 Å². The second-order valence-electron chi connectivity index (χ2n) is 4.61. The van der Waals surface area contributed by atoms with Crippen molar-refractivity contribution >= 4 is 46.0 Å². The minimum Gasteiger partial charge on any atom is -0.370 e. The monoisotopic (exact) mass is 380 g/mol. The molecule has 0 radical (unpaired) electrons. The molecule has 1 aromatic rings. The maximum Gasteiger partial charge on any atom is 0.251 e. The first-order chi connectivity index (χ1) is 8.21. The van der Waals surface area contributed by atoms with Crippen molar-refractivity contribution in [3.63, 3.8) is 0 Å². The van der Waals surface area contributed by atoms with Crippen LogP contribution in [0.1, 0.15) is 30.6 Å². The fourth-order valence-corrected chi connectivity index (χ4v) is 2.01. The molecule has 6 heteroatoms. The lowest BCUT2D eigenvalue weighted by Gasteiger charge is -2.24. The summed E-state index contributed by atoms with van der Waals surface area (Å²) in [5.74, 6) is -0.736. The molecule has 0 saturated heterocycles. The van der Waals surface area contributed by atoms with Crippen LogP contribution in [0.25, 0.3) is 0 Å². The molecule has 0 aromatic heterocycles. The van der Waals surface area contributed by atoms with Crippen LogP contribution in [0.3, 0.4) is 0 Å². The lowest BCUT2D eigenvalue weighted by atomic mass is 9.99. The van der Waals surface area contributed by atoms with Crippen molar-refractivity contribution in [2.24, 2.45) is 5.73 Å². The average molecular weight is 381 g/mol. The fraction of sp³-hybridized carbons (Fsp3) is 0.333. The zero-order chi connectivity index (χ0) is 13.9. The lowest BCUT2D eigenvalue weighted by Crippen LogP contribution is -2.46. The summed E-state index contributed by atoms with van der Waals surface area (Å²) in [5, 5.41) is 3.27. The van der Waals surface area contributed by atoms with Crippen LogP contribution in [0.15, 0.2) is 18.2 Å². The summed E-state index contributed by atoms with van der Waals surface area (Å²) in [5.41, 5.74) is 4.90. The first-order valence-electron chi connectivity index (χ1n) is 5.27. The smallest absolute Gasteiger partial charge is 0.251 e. The van der Waals surface area contributed by atoms with E-state index in [0.29, 0.717) is 10.6 Å². The van der Waals surface area contributed by atoms with Crippen molar-refractivity contribution < 1.29 is 9.59 Å². The Labute approximate surface area is 124 Å². The van der Waals surface area contributed by atoms with E-state index in [2.05, 4.69) is 27.9 Å². The summed E-state index contributed by atoms with van der Waals surface area (Å²) in [6, 6.07) is 5.04. The van der Waals surface area contributed by atoms with Gasteiger partial charge in [-0.2, -0.15) is 0 Å². The quantitative estimate of drug-likeness (QED) is 0.787. The van der Waals surface area contributed by atoms with Crippen LogP contribution in [-0.2, 0) is 4.79 Å². The van der Waals surface area contributed by atoms with Gasteiger partial charge in [0.1, 0.15) is 0 Å². The number of nitrogens with one attached hydrogen (secondary N) is 1. The van der Waals surface area contributed by atoms with Crippen molar-refractivity contribution in [3.8, 4) is 0 Å². The van der Waals surface area contributed by atoms with E-state index in [4.69, 9.17) is 17.3 Å². The summed E-state index contributed by atoms with van der Waals surface area (Å²) >= 11 is 8.04. The second kappa shape index (κ2) is 5.88.